The van der Waals surface area contributed by atoms with Gasteiger partial charge in [-0.05, 0) is 12.1 Å². The monoisotopic (exact) mass is 291 g/mol. The topological polar surface area (TPSA) is 63.2 Å². The second kappa shape index (κ2) is 7.49. The smallest absolute Gasteiger partial charge is 0.239 e. The fraction of sp³-hybridized carbons (Fsp3) is 0.286. The van der Waals surface area contributed by atoms with Gasteiger partial charge in [0.25, 0.3) is 0 Å². The summed E-state index contributed by atoms with van der Waals surface area (Å²) in [5.41, 5.74) is 3.61. The summed E-state index contributed by atoms with van der Waals surface area (Å²) in [5.74, 6) is 0.675. The Morgan fingerprint density at radius 2 is 2.25 bits per heavy atom. The Balaban J connectivity index is 1.72. The van der Waals surface area contributed by atoms with Crippen molar-refractivity contribution in [3.05, 3.63) is 40.8 Å². The van der Waals surface area contributed by atoms with Crippen LogP contribution in [0.5, 0.6) is 5.75 Å². The number of anilines is 1. The van der Waals surface area contributed by atoms with Crippen LogP contribution in [0.1, 0.15) is 5.69 Å². The zero-order valence-corrected chi connectivity index (χ0v) is 12.1. The number of carbonyl (C=O) groups is 1. The van der Waals surface area contributed by atoms with Crippen LogP contribution >= 0.6 is 11.3 Å². The lowest BCUT2D eigenvalue weighted by molar-refractivity contribution is -0.119. The Morgan fingerprint density at radius 3 is 3.00 bits per heavy atom. The van der Waals surface area contributed by atoms with E-state index in [-0.39, 0.29) is 12.5 Å². The number of carbonyl (C=O) groups excluding carboxylic acids is 1. The molecule has 1 heterocycles. The highest BCUT2D eigenvalue weighted by Crippen LogP contribution is 2.22. The van der Waals surface area contributed by atoms with Gasteiger partial charge in [-0.25, -0.2) is 4.98 Å². The number of para-hydroxylation sites is 2. The van der Waals surface area contributed by atoms with Crippen LogP contribution in [0.15, 0.2) is 35.2 Å². The normalized spacial score (nSPS) is 10.1. The van der Waals surface area contributed by atoms with Gasteiger partial charge in [-0.3, -0.25) is 4.79 Å². The third kappa shape index (κ3) is 4.24. The number of amides is 1. The Bertz CT molecular complexity index is 543. The van der Waals surface area contributed by atoms with Crippen molar-refractivity contribution in [1.82, 2.24) is 10.3 Å². The average Bonchev–Trinajstić information content (AvgIpc) is 2.98. The number of hydrogen-bond acceptors (Lipinski definition) is 5. The highest BCUT2D eigenvalue weighted by atomic mass is 32.1. The summed E-state index contributed by atoms with van der Waals surface area (Å²) in [4.78, 5) is 15.9. The maximum Gasteiger partial charge on any atom is 0.239 e. The van der Waals surface area contributed by atoms with Crippen LogP contribution in [0.3, 0.4) is 0 Å². The minimum atomic E-state index is -0.0499. The van der Waals surface area contributed by atoms with Gasteiger partial charge in [-0.15, -0.1) is 11.3 Å². The van der Waals surface area contributed by atoms with Gasteiger partial charge in [-0.1, -0.05) is 12.1 Å². The minimum absolute atomic E-state index is 0.0499. The fourth-order valence-corrected chi connectivity index (χ4v) is 2.31. The lowest BCUT2D eigenvalue weighted by Crippen LogP contribution is -2.31. The van der Waals surface area contributed by atoms with Crippen LogP contribution < -0.4 is 15.4 Å². The molecule has 0 bridgehead atoms. The third-order valence-electron chi connectivity index (χ3n) is 2.73. The Kier molecular flexibility index (Phi) is 5.37. The molecule has 2 aromatic rings. The second-order valence-corrected chi connectivity index (χ2v) is 4.85. The van der Waals surface area contributed by atoms with Crippen molar-refractivity contribution in [2.24, 2.45) is 0 Å². The van der Waals surface area contributed by atoms with E-state index in [9.17, 15) is 4.79 Å². The van der Waals surface area contributed by atoms with Gasteiger partial charge in [-0.2, -0.15) is 0 Å². The van der Waals surface area contributed by atoms with E-state index < -0.39 is 0 Å². The van der Waals surface area contributed by atoms with Crippen molar-refractivity contribution in [3.8, 4) is 5.75 Å². The van der Waals surface area contributed by atoms with E-state index in [0.29, 0.717) is 6.54 Å². The van der Waals surface area contributed by atoms with Gasteiger partial charge >= 0.3 is 0 Å². The molecule has 5 nitrogen and oxygen atoms in total. The standard InChI is InChI=1S/C14H17N3O2S/c1-19-13-5-3-2-4-12(13)16-8-14(18)15-7-6-11-9-20-10-17-11/h2-5,9-10,16H,6-8H2,1H3,(H,15,18). The molecule has 1 aromatic carbocycles. The van der Waals surface area contributed by atoms with E-state index >= 15 is 0 Å². The van der Waals surface area contributed by atoms with Crippen molar-refractivity contribution < 1.29 is 9.53 Å². The van der Waals surface area contributed by atoms with Gasteiger partial charge in [0, 0.05) is 18.3 Å². The maximum absolute atomic E-state index is 11.7. The molecule has 0 unspecified atom stereocenters. The van der Waals surface area contributed by atoms with Crippen LogP contribution in [0.4, 0.5) is 5.69 Å². The molecule has 0 aliphatic heterocycles. The molecule has 0 aliphatic carbocycles. The van der Waals surface area contributed by atoms with Crippen LogP contribution in [0, 0.1) is 0 Å². The van der Waals surface area contributed by atoms with Gasteiger partial charge < -0.3 is 15.4 Å². The van der Waals surface area contributed by atoms with Crippen molar-refractivity contribution in [1.29, 1.82) is 0 Å². The lowest BCUT2D eigenvalue weighted by atomic mass is 10.3. The zero-order chi connectivity index (χ0) is 14.2. The van der Waals surface area contributed by atoms with E-state index in [2.05, 4.69) is 15.6 Å². The first-order chi connectivity index (χ1) is 9.79. The molecule has 0 radical (unpaired) electrons. The summed E-state index contributed by atoms with van der Waals surface area (Å²) in [5, 5.41) is 7.89. The van der Waals surface area contributed by atoms with E-state index in [1.807, 2.05) is 29.6 Å². The predicted molar refractivity (Wildman–Crippen MR) is 80.3 cm³/mol. The zero-order valence-electron chi connectivity index (χ0n) is 11.3. The molecule has 2 rings (SSSR count). The predicted octanol–water partition coefficient (Wildman–Crippen LogP) is 1.92. The molecule has 0 atom stereocenters. The molecule has 0 fully saturated rings. The number of ether oxygens (including phenoxy) is 1. The van der Waals surface area contributed by atoms with Gasteiger partial charge in [0.1, 0.15) is 5.75 Å². The number of hydrogen-bond donors (Lipinski definition) is 2. The molecule has 2 N–H and O–H groups in total. The first-order valence-corrected chi connectivity index (χ1v) is 7.24. The summed E-state index contributed by atoms with van der Waals surface area (Å²) >= 11 is 1.56. The van der Waals surface area contributed by atoms with Gasteiger partial charge in [0.2, 0.25) is 5.91 Å². The first-order valence-electron chi connectivity index (χ1n) is 6.30. The number of nitrogens with zero attached hydrogens (tertiary/aromatic N) is 1. The molecule has 106 valence electrons. The Hall–Kier alpha value is -2.08. The second-order valence-electron chi connectivity index (χ2n) is 4.13. The van der Waals surface area contributed by atoms with E-state index in [1.54, 1.807) is 24.0 Å². The van der Waals surface area contributed by atoms with E-state index in [0.717, 1.165) is 23.6 Å². The van der Waals surface area contributed by atoms with Crippen LogP contribution in [-0.2, 0) is 11.2 Å². The number of benzene rings is 1. The average molecular weight is 291 g/mol. The van der Waals surface area contributed by atoms with Gasteiger partial charge in [0.15, 0.2) is 0 Å². The molecule has 20 heavy (non-hydrogen) atoms. The summed E-state index contributed by atoms with van der Waals surface area (Å²) in [6.07, 6.45) is 0.754. The van der Waals surface area contributed by atoms with E-state index in [4.69, 9.17) is 4.74 Å². The molecular weight excluding hydrogens is 274 g/mol. The highest BCUT2D eigenvalue weighted by Gasteiger charge is 2.04. The largest absolute Gasteiger partial charge is 0.495 e. The number of rotatable bonds is 7. The lowest BCUT2D eigenvalue weighted by Gasteiger charge is -2.10. The van der Waals surface area contributed by atoms with Crippen molar-refractivity contribution in [3.63, 3.8) is 0 Å². The summed E-state index contributed by atoms with van der Waals surface area (Å²) in [6, 6.07) is 7.51. The summed E-state index contributed by atoms with van der Waals surface area (Å²) in [7, 11) is 1.61. The Morgan fingerprint density at radius 1 is 1.40 bits per heavy atom. The molecule has 0 aliphatic rings. The molecular formula is C14H17N3O2S. The van der Waals surface area contributed by atoms with Crippen LogP contribution in [-0.4, -0.2) is 31.1 Å². The molecule has 0 spiro atoms. The number of thiazole rings is 1. The number of nitrogens with one attached hydrogen (secondary N) is 2. The third-order valence-corrected chi connectivity index (χ3v) is 3.37. The first kappa shape index (κ1) is 14.3. The molecule has 1 aromatic heterocycles. The van der Waals surface area contributed by atoms with Crippen molar-refractivity contribution in [2.45, 2.75) is 6.42 Å². The highest BCUT2D eigenvalue weighted by molar-refractivity contribution is 7.07. The van der Waals surface area contributed by atoms with Crippen molar-refractivity contribution in [2.75, 3.05) is 25.5 Å². The number of methoxy groups -OCH3 is 1. The molecule has 1 amide bonds. The quantitative estimate of drug-likeness (QED) is 0.818. The maximum atomic E-state index is 11.7. The Labute approximate surface area is 122 Å². The minimum Gasteiger partial charge on any atom is -0.495 e. The van der Waals surface area contributed by atoms with Crippen LogP contribution in [0.2, 0.25) is 0 Å². The molecule has 0 saturated heterocycles. The molecule has 6 heteroatoms. The van der Waals surface area contributed by atoms with Crippen LogP contribution in [0.25, 0.3) is 0 Å². The SMILES string of the molecule is COc1ccccc1NCC(=O)NCCc1cscn1. The van der Waals surface area contributed by atoms with Crippen molar-refractivity contribution >= 4 is 22.9 Å². The van der Waals surface area contributed by atoms with Gasteiger partial charge in [0.05, 0.1) is 30.5 Å². The number of aromatic nitrogens is 1. The molecule has 0 saturated carbocycles. The fourth-order valence-electron chi connectivity index (χ4n) is 1.72. The summed E-state index contributed by atoms with van der Waals surface area (Å²) in [6.45, 7) is 0.813. The van der Waals surface area contributed by atoms with E-state index in [1.165, 1.54) is 0 Å². The summed E-state index contributed by atoms with van der Waals surface area (Å²) < 4.78 is 5.21.